The summed E-state index contributed by atoms with van der Waals surface area (Å²) < 4.78 is 37.5. The topological polar surface area (TPSA) is 40.5 Å². The highest BCUT2D eigenvalue weighted by molar-refractivity contribution is 8.01. The van der Waals surface area contributed by atoms with Crippen LogP contribution in [-0.4, -0.2) is 34.3 Å². The van der Waals surface area contributed by atoms with Crippen LogP contribution in [0.3, 0.4) is 0 Å². The molecular weight excluding hydrogens is 291 g/mol. The van der Waals surface area contributed by atoms with Crippen molar-refractivity contribution in [2.45, 2.75) is 23.7 Å². The van der Waals surface area contributed by atoms with Crippen molar-refractivity contribution in [2.75, 3.05) is 13.2 Å². The van der Waals surface area contributed by atoms with Crippen molar-refractivity contribution in [1.82, 2.24) is 4.90 Å². The van der Waals surface area contributed by atoms with Crippen LogP contribution in [0.4, 0.5) is 13.2 Å². The van der Waals surface area contributed by atoms with E-state index in [0.29, 0.717) is 5.56 Å². The van der Waals surface area contributed by atoms with E-state index in [1.807, 2.05) is 0 Å². The van der Waals surface area contributed by atoms with Crippen LogP contribution in [-0.2, 0) is 11.0 Å². The first kappa shape index (κ1) is 15.2. The normalized spacial score (nSPS) is 23.4. The Labute approximate surface area is 118 Å². The van der Waals surface area contributed by atoms with Gasteiger partial charge in [0, 0.05) is 6.54 Å². The monoisotopic (exact) mass is 305 g/mol. The van der Waals surface area contributed by atoms with E-state index < -0.39 is 11.7 Å². The standard InChI is InChI=1S/C13H14F3NO2S/c1-8-11(19)17(6-7-18)12(20-8)9-2-4-10(5-3-9)13(14,15)16/h2-5,8,12,18H,6-7H2,1H3. The SMILES string of the molecule is CC1SC(c2ccc(C(F)(F)F)cc2)N(CCO)C1=O. The Morgan fingerprint density at radius 3 is 2.40 bits per heavy atom. The maximum atomic E-state index is 12.5. The number of thioether (sulfide) groups is 1. The van der Waals surface area contributed by atoms with E-state index in [-0.39, 0.29) is 29.7 Å². The molecule has 1 fully saturated rings. The molecule has 1 heterocycles. The predicted octanol–water partition coefficient (Wildman–Crippen LogP) is 2.66. The number of aliphatic hydroxyl groups is 1. The molecule has 110 valence electrons. The second-order valence-corrected chi connectivity index (χ2v) is 5.93. The van der Waals surface area contributed by atoms with Crippen LogP contribution in [0.15, 0.2) is 24.3 Å². The summed E-state index contributed by atoms with van der Waals surface area (Å²) in [7, 11) is 0. The fraction of sp³-hybridized carbons (Fsp3) is 0.462. The van der Waals surface area contributed by atoms with E-state index in [2.05, 4.69) is 0 Å². The highest BCUT2D eigenvalue weighted by Crippen LogP contribution is 2.43. The fourth-order valence-electron chi connectivity index (χ4n) is 2.10. The van der Waals surface area contributed by atoms with E-state index in [0.717, 1.165) is 12.1 Å². The molecule has 1 aromatic carbocycles. The van der Waals surface area contributed by atoms with E-state index in [4.69, 9.17) is 5.11 Å². The third-order valence-corrected chi connectivity index (χ3v) is 4.51. The molecule has 0 radical (unpaired) electrons. The van der Waals surface area contributed by atoms with Gasteiger partial charge in [-0.1, -0.05) is 12.1 Å². The van der Waals surface area contributed by atoms with Gasteiger partial charge in [0.1, 0.15) is 5.37 Å². The quantitative estimate of drug-likeness (QED) is 0.933. The van der Waals surface area contributed by atoms with Gasteiger partial charge in [-0.05, 0) is 24.6 Å². The van der Waals surface area contributed by atoms with Crippen molar-refractivity contribution in [2.24, 2.45) is 0 Å². The lowest BCUT2D eigenvalue weighted by Crippen LogP contribution is -2.32. The van der Waals surface area contributed by atoms with Gasteiger partial charge in [0.05, 0.1) is 17.4 Å². The summed E-state index contributed by atoms with van der Waals surface area (Å²) in [5.74, 6) is -0.103. The fourth-order valence-corrected chi connectivity index (χ4v) is 3.41. The first-order valence-electron chi connectivity index (χ1n) is 6.08. The Morgan fingerprint density at radius 1 is 1.30 bits per heavy atom. The number of rotatable bonds is 3. The van der Waals surface area contributed by atoms with Crippen LogP contribution in [0.2, 0.25) is 0 Å². The van der Waals surface area contributed by atoms with Gasteiger partial charge < -0.3 is 10.0 Å². The summed E-state index contributed by atoms with van der Waals surface area (Å²) in [6, 6.07) is 4.80. The molecule has 7 heteroatoms. The molecule has 20 heavy (non-hydrogen) atoms. The molecule has 2 rings (SSSR count). The third kappa shape index (κ3) is 2.93. The average Bonchev–Trinajstić information content (AvgIpc) is 2.67. The number of aliphatic hydroxyl groups excluding tert-OH is 1. The highest BCUT2D eigenvalue weighted by Gasteiger charge is 2.38. The Bertz CT molecular complexity index is 489. The van der Waals surface area contributed by atoms with Crippen LogP contribution < -0.4 is 0 Å². The van der Waals surface area contributed by atoms with Gasteiger partial charge in [-0.2, -0.15) is 13.2 Å². The molecule has 1 N–H and O–H groups in total. The molecule has 0 aliphatic carbocycles. The summed E-state index contributed by atoms with van der Waals surface area (Å²) in [6.07, 6.45) is -4.37. The van der Waals surface area contributed by atoms with E-state index in [1.54, 1.807) is 6.92 Å². The second-order valence-electron chi connectivity index (χ2n) is 4.51. The molecule has 0 aromatic heterocycles. The minimum Gasteiger partial charge on any atom is -0.395 e. The molecule has 1 saturated heterocycles. The van der Waals surface area contributed by atoms with Crippen LogP contribution in [0.1, 0.15) is 23.4 Å². The smallest absolute Gasteiger partial charge is 0.395 e. The summed E-state index contributed by atoms with van der Waals surface area (Å²) in [5, 5.41) is 8.40. The lowest BCUT2D eigenvalue weighted by molar-refractivity contribution is -0.137. The molecule has 0 spiro atoms. The predicted molar refractivity (Wildman–Crippen MR) is 70.0 cm³/mol. The molecule has 1 aromatic rings. The number of carbonyl (C=O) groups excluding carboxylic acids is 1. The van der Waals surface area contributed by atoms with Crippen molar-refractivity contribution in [1.29, 1.82) is 0 Å². The summed E-state index contributed by atoms with van der Waals surface area (Å²) in [6.45, 7) is 1.76. The Hall–Kier alpha value is -1.21. The zero-order valence-corrected chi connectivity index (χ0v) is 11.5. The largest absolute Gasteiger partial charge is 0.416 e. The van der Waals surface area contributed by atoms with Crippen molar-refractivity contribution in [3.8, 4) is 0 Å². The van der Waals surface area contributed by atoms with Crippen LogP contribution >= 0.6 is 11.8 Å². The van der Waals surface area contributed by atoms with Gasteiger partial charge in [0.25, 0.3) is 0 Å². The molecule has 3 nitrogen and oxygen atoms in total. The minimum atomic E-state index is -4.37. The number of hydrogen-bond acceptors (Lipinski definition) is 3. The first-order chi connectivity index (χ1) is 9.34. The zero-order chi connectivity index (χ0) is 14.9. The lowest BCUT2D eigenvalue weighted by atomic mass is 10.1. The average molecular weight is 305 g/mol. The van der Waals surface area contributed by atoms with Gasteiger partial charge >= 0.3 is 6.18 Å². The number of benzene rings is 1. The lowest BCUT2D eigenvalue weighted by Gasteiger charge is -2.23. The van der Waals surface area contributed by atoms with Crippen LogP contribution in [0.25, 0.3) is 0 Å². The van der Waals surface area contributed by atoms with Gasteiger partial charge in [-0.25, -0.2) is 0 Å². The van der Waals surface area contributed by atoms with Gasteiger partial charge in [0.15, 0.2) is 0 Å². The third-order valence-electron chi connectivity index (χ3n) is 3.11. The number of alkyl halides is 3. The van der Waals surface area contributed by atoms with Crippen LogP contribution in [0, 0.1) is 0 Å². The number of nitrogens with zero attached hydrogens (tertiary/aromatic N) is 1. The first-order valence-corrected chi connectivity index (χ1v) is 7.03. The highest BCUT2D eigenvalue weighted by atomic mass is 32.2. The van der Waals surface area contributed by atoms with Crippen molar-refractivity contribution in [3.05, 3.63) is 35.4 Å². The summed E-state index contributed by atoms with van der Waals surface area (Å²) in [4.78, 5) is 13.4. The maximum absolute atomic E-state index is 12.5. The Morgan fingerprint density at radius 2 is 1.90 bits per heavy atom. The molecular formula is C13H14F3NO2S. The maximum Gasteiger partial charge on any atom is 0.416 e. The Kier molecular flexibility index (Phi) is 4.29. The molecule has 2 atom stereocenters. The molecule has 0 saturated carbocycles. The Balaban J connectivity index is 2.24. The van der Waals surface area contributed by atoms with E-state index in [9.17, 15) is 18.0 Å². The number of hydrogen-bond donors (Lipinski definition) is 1. The molecule has 2 unspecified atom stereocenters. The van der Waals surface area contributed by atoms with Gasteiger partial charge in [0.2, 0.25) is 5.91 Å². The van der Waals surface area contributed by atoms with Gasteiger partial charge in [-0.3, -0.25) is 4.79 Å². The van der Waals surface area contributed by atoms with Crippen molar-refractivity contribution < 1.29 is 23.1 Å². The van der Waals surface area contributed by atoms with Crippen LogP contribution in [0.5, 0.6) is 0 Å². The number of β-amino-alcohol motifs (C(OH)–C–C–N with tert-alkyl or cyclic N) is 1. The van der Waals surface area contributed by atoms with Gasteiger partial charge in [-0.15, -0.1) is 11.8 Å². The molecule has 1 amide bonds. The van der Waals surface area contributed by atoms with Crippen molar-refractivity contribution in [3.63, 3.8) is 0 Å². The minimum absolute atomic E-state index is 0.103. The molecule has 1 aliphatic heterocycles. The van der Waals surface area contributed by atoms with E-state index >= 15 is 0 Å². The number of carbonyl (C=O) groups is 1. The molecule has 0 bridgehead atoms. The zero-order valence-electron chi connectivity index (χ0n) is 10.7. The van der Waals surface area contributed by atoms with Crippen molar-refractivity contribution >= 4 is 17.7 Å². The van der Waals surface area contributed by atoms with E-state index in [1.165, 1.54) is 28.8 Å². The summed E-state index contributed by atoms with van der Waals surface area (Å²) >= 11 is 1.37. The number of amides is 1. The summed E-state index contributed by atoms with van der Waals surface area (Å²) in [5.41, 5.74) is -0.0773. The molecule has 1 aliphatic rings. The number of halogens is 3. The second kappa shape index (κ2) is 5.65.